The molecule has 6 rings (SSSR count). The maximum absolute atomic E-state index is 13.6. The average molecular weight is 556 g/mol. The zero-order valence-corrected chi connectivity index (χ0v) is 22.4. The minimum atomic E-state index is -2.66. The van der Waals surface area contributed by atoms with E-state index in [2.05, 4.69) is 25.1 Å². The van der Waals surface area contributed by atoms with E-state index in [0.717, 1.165) is 48.6 Å². The summed E-state index contributed by atoms with van der Waals surface area (Å²) < 4.78 is 35.5. The number of alkyl halides is 2. The van der Waals surface area contributed by atoms with Gasteiger partial charge in [0.05, 0.1) is 5.69 Å². The molecule has 1 N–H and O–H groups in total. The van der Waals surface area contributed by atoms with Crippen molar-refractivity contribution in [1.82, 2.24) is 25.1 Å². The molecule has 2 aliphatic carbocycles. The Labute approximate surface area is 231 Å². The Morgan fingerprint density at radius 2 is 1.82 bits per heavy atom. The normalized spacial score (nSPS) is 24.7. The molecule has 39 heavy (non-hydrogen) atoms. The van der Waals surface area contributed by atoms with E-state index in [4.69, 9.17) is 16.3 Å². The topological polar surface area (TPSA) is 81.9 Å². The number of fused-ring (bicyclic) bond motifs is 3. The van der Waals surface area contributed by atoms with Gasteiger partial charge in [0, 0.05) is 54.4 Å². The van der Waals surface area contributed by atoms with Crippen molar-refractivity contribution in [2.75, 3.05) is 0 Å². The maximum Gasteiger partial charge on any atom is 0.248 e. The Balaban J connectivity index is 1.19. The fourth-order valence-corrected chi connectivity index (χ4v) is 6.43. The number of aromatic nitrogens is 4. The van der Waals surface area contributed by atoms with Gasteiger partial charge < -0.3 is 10.1 Å². The lowest BCUT2D eigenvalue weighted by atomic mass is 9.86. The largest absolute Gasteiger partial charge is 0.474 e. The maximum atomic E-state index is 13.6. The highest BCUT2D eigenvalue weighted by molar-refractivity contribution is 6.30. The van der Waals surface area contributed by atoms with Gasteiger partial charge in [-0.3, -0.25) is 9.36 Å². The van der Waals surface area contributed by atoms with Gasteiger partial charge in [-0.05, 0) is 74.8 Å². The second-order valence-corrected chi connectivity index (χ2v) is 11.5. The smallest absolute Gasteiger partial charge is 0.248 e. The van der Waals surface area contributed by atoms with Crippen LogP contribution in [0.5, 0.6) is 5.88 Å². The van der Waals surface area contributed by atoms with Gasteiger partial charge in [0.15, 0.2) is 0 Å². The number of rotatable bonds is 5. The summed E-state index contributed by atoms with van der Waals surface area (Å²) in [5, 5.41) is 13.0. The molecule has 1 aromatic carbocycles. The van der Waals surface area contributed by atoms with Gasteiger partial charge in [-0.2, -0.15) is 0 Å². The zero-order chi connectivity index (χ0) is 27.0. The monoisotopic (exact) mass is 555 g/mol. The molecule has 1 amide bonds. The number of hydrogen-bond donors (Lipinski definition) is 1. The van der Waals surface area contributed by atoms with Crippen LogP contribution in [0.1, 0.15) is 74.5 Å². The second-order valence-electron chi connectivity index (χ2n) is 11.1. The molecule has 10 heteroatoms. The molecule has 0 bridgehead atoms. The Morgan fingerprint density at radius 3 is 2.56 bits per heavy atom. The number of carbonyl (C=O) groups is 1. The minimum absolute atomic E-state index is 0.119. The summed E-state index contributed by atoms with van der Waals surface area (Å²) >= 11 is 6.39. The van der Waals surface area contributed by atoms with Crippen molar-refractivity contribution in [2.45, 2.75) is 88.2 Å². The predicted molar refractivity (Wildman–Crippen MR) is 142 cm³/mol. The minimum Gasteiger partial charge on any atom is -0.474 e. The summed E-state index contributed by atoms with van der Waals surface area (Å²) in [6.45, 7) is 0. The zero-order valence-electron chi connectivity index (χ0n) is 21.7. The molecule has 206 valence electrons. The summed E-state index contributed by atoms with van der Waals surface area (Å²) in [5.74, 6) is -0.607. The molecule has 0 saturated heterocycles. The van der Waals surface area contributed by atoms with Crippen molar-refractivity contribution in [1.29, 1.82) is 0 Å². The van der Waals surface area contributed by atoms with Crippen LogP contribution < -0.4 is 10.1 Å². The lowest BCUT2D eigenvalue weighted by Crippen LogP contribution is -2.43. The lowest BCUT2D eigenvalue weighted by molar-refractivity contribution is -0.129. The molecule has 0 spiro atoms. The van der Waals surface area contributed by atoms with Gasteiger partial charge in [0.1, 0.15) is 17.8 Å². The number of amides is 1. The number of nitrogens with one attached hydrogen (secondary N) is 1. The number of pyridine rings is 1. The summed E-state index contributed by atoms with van der Waals surface area (Å²) in [6, 6.07) is 11.3. The number of carbonyl (C=O) groups excluding carboxylic acids is 1. The van der Waals surface area contributed by atoms with Crippen LogP contribution in [0.15, 0.2) is 42.6 Å². The van der Waals surface area contributed by atoms with Crippen LogP contribution in [0.3, 0.4) is 0 Å². The van der Waals surface area contributed by atoms with E-state index < -0.39 is 5.92 Å². The summed E-state index contributed by atoms with van der Waals surface area (Å²) in [6.07, 6.45) is 6.53. The average Bonchev–Trinajstić information content (AvgIpc) is 3.26. The van der Waals surface area contributed by atoms with Crippen LogP contribution in [0.2, 0.25) is 5.02 Å². The van der Waals surface area contributed by atoms with Crippen molar-refractivity contribution < 1.29 is 18.3 Å². The van der Waals surface area contributed by atoms with Crippen LogP contribution in [-0.2, 0) is 17.6 Å². The molecule has 3 heterocycles. The highest BCUT2D eigenvalue weighted by Crippen LogP contribution is 2.38. The van der Waals surface area contributed by atoms with E-state index in [-0.39, 0.29) is 55.6 Å². The van der Waals surface area contributed by atoms with Gasteiger partial charge in [0.2, 0.25) is 17.7 Å². The van der Waals surface area contributed by atoms with Crippen molar-refractivity contribution in [3.63, 3.8) is 0 Å². The van der Waals surface area contributed by atoms with Crippen LogP contribution in [-0.4, -0.2) is 43.7 Å². The van der Waals surface area contributed by atoms with E-state index in [1.807, 2.05) is 36.4 Å². The molecule has 0 radical (unpaired) electrons. The molecule has 2 saturated carbocycles. The molecule has 1 atom stereocenters. The number of hydrogen-bond acceptors (Lipinski definition) is 5. The SMILES string of the molecule is O=C(N[C@@H]1Cc2cc(Cl)ccc2-n2c(nnc2C2CCC(Oc3ccccn3)CC2)C1)C1CCC(F)(F)CC1. The van der Waals surface area contributed by atoms with Crippen molar-refractivity contribution in [3.8, 4) is 11.6 Å². The van der Waals surface area contributed by atoms with E-state index in [1.165, 1.54) is 0 Å². The fraction of sp³-hybridized carbons (Fsp3) is 0.517. The summed E-state index contributed by atoms with van der Waals surface area (Å²) in [7, 11) is 0. The van der Waals surface area contributed by atoms with E-state index in [0.29, 0.717) is 23.7 Å². The first-order valence-electron chi connectivity index (χ1n) is 13.8. The molecule has 3 aromatic rings. The number of benzene rings is 1. The van der Waals surface area contributed by atoms with Crippen LogP contribution in [0.25, 0.3) is 5.69 Å². The quantitative estimate of drug-likeness (QED) is 0.428. The molecular formula is C29H32ClF2N5O2. The van der Waals surface area contributed by atoms with E-state index >= 15 is 0 Å². The van der Waals surface area contributed by atoms with Crippen LogP contribution >= 0.6 is 11.6 Å². The lowest BCUT2D eigenvalue weighted by Gasteiger charge is -2.28. The van der Waals surface area contributed by atoms with Gasteiger partial charge >= 0.3 is 0 Å². The number of halogens is 3. The first-order valence-corrected chi connectivity index (χ1v) is 14.2. The third-order valence-electron chi connectivity index (χ3n) is 8.33. The van der Waals surface area contributed by atoms with Gasteiger partial charge in [0.25, 0.3) is 0 Å². The second kappa shape index (κ2) is 10.8. The molecule has 1 aliphatic heterocycles. The molecule has 7 nitrogen and oxygen atoms in total. The van der Waals surface area contributed by atoms with Crippen molar-refractivity contribution in [2.24, 2.45) is 5.92 Å². The van der Waals surface area contributed by atoms with Gasteiger partial charge in [-0.15, -0.1) is 10.2 Å². The third kappa shape index (κ3) is 5.78. The van der Waals surface area contributed by atoms with E-state index in [1.54, 1.807) is 6.20 Å². The summed E-state index contributed by atoms with van der Waals surface area (Å²) in [5.41, 5.74) is 1.99. The first-order chi connectivity index (χ1) is 18.8. The molecule has 3 aliphatic rings. The predicted octanol–water partition coefficient (Wildman–Crippen LogP) is 5.83. The number of nitrogens with zero attached hydrogens (tertiary/aromatic N) is 4. The van der Waals surface area contributed by atoms with Crippen molar-refractivity contribution >= 4 is 17.5 Å². The summed E-state index contributed by atoms with van der Waals surface area (Å²) in [4.78, 5) is 17.3. The first kappa shape index (κ1) is 26.2. The molecular weight excluding hydrogens is 524 g/mol. The van der Waals surface area contributed by atoms with Gasteiger partial charge in [-0.25, -0.2) is 13.8 Å². The van der Waals surface area contributed by atoms with Gasteiger partial charge in [-0.1, -0.05) is 17.7 Å². The Morgan fingerprint density at radius 1 is 1.03 bits per heavy atom. The Bertz CT molecular complexity index is 1320. The molecule has 2 aromatic heterocycles. The fourth-order valence-electron chi connectivity index (χ4n) is 6.23. The Kier molecular flexibility index (Phi) is 7.27. The standard InChI is InChI=1S/C29H32ClF2N5O2/c30-21-6-9-24-20(15-21)16-22(34-28(38)19-10-12-29(31,32)13-11-19)17-25-35-36-27(37(24)25)18-4-7-23(8-5-18)39-26-3-1-2-14-33-26/h1-3,6,9,14-15,18-19,22-23H,4-5,7-8,10-13,16-17H2,(H,34,38)/t18?,22-,23?/m1/s1. The van der Waals surface area contributed by atoms with E-state index in [9.17, 15) is 13.6 Å². The molecule has 2 fully saturated rings. The van der Waals surface area contributed by atoms with Crippen molar-refractivity contribution in [3.05, 3.63) is 64.8 Å². The van der Waals surface area contributed by atoms with Crippen LogP contribution in [0.4, 0.5) is 8.78 Å². The van der Waals surface area contributed by atoms with Crippen LogP contribution in [0, 0.1) is 5.92 Å². The highest BCUT2D eigenvalue weighted by atomic mass is 35.5. The number of ether oxygens (including phenoxy) is 1. The Hall–Kier alpha value is -3.07. The third-order valence-corrected chi connectivity index (χ3v) is 8.57. The highest BCUT2D eigenvalue weighted by Gasteiger charge is 2.38. The molecule has 0 unspecified atom stereocenters.